The summed E-state index contributed by atoms with van der Waals surface area (Å²) in [4.78, 5) is 17.7. The van der Waals surface area contributed by atoms with Crippen molar-refractivity contribution >= 4 is 11.7 Å². The number of carbonyl (C=O) groups is 1. The van der Waals surface area contributed by atoms with Crippen molar-refractivity contribution in [3.63, 3.8) is 0 Å². The van der Waals surface area contributed by atoms with Gasteiger partial charge in [0.1, 0.15) is 6.54 Å². The van der Waals surface area contributed by atoms with Crippen LogP contribution in [0.2, 0.25) is 0 Å². The van der Waals surface area contributed by atoms with Gasteiger partial charge in [-0.15, -0.1) is 0 Å². The molecule has 1 amide bonds. The van der Waals surface area contributed by atoms with Gasteiger partial charge in [0, 0.05) is 19.8 Å². The topological polar surface area (TPSA) is 41.5 Å². The van der Waals surface area contributed by atoms with Crippen LogP contribution < -0.4 is 17.7 Å². The van der Waals surface area contributed by atoms with E-state index in [4.69, 9.17) is 4.99 Å². The molecule has 1 aliphatic heterocycles. The standard InChI is InChI=1S/C42H83N3O.ClH/c1-5-7-9-11-13-15-17-19-21-23-24-26-28-30-32-34-36-41-43-38-39-45(41,4)40(3)44-42(46)37-35-33-31-29-27-25-22-20-18-16-14-12-10-8-6-2;/h40H,5-39H2,1-4H3;1H. The third-order valence-electron chi connectivity index (χ3n) is 10.9. The van der Waals surface area contributed by atoms with Gasteiger partial charge in [0.05, 0.1) is 13.6 Å². The molecule has 0 aromatic carbocycles. The fourth-order valence-electron chi connectivity index (χ4n) is 7.36. The molecule has 1 heterocycles. The molecule has 280 valence electrons. The van der Waals surface area contributed by atoms with Gasteiger partial charge < -0.3 is 17.7 Å². The van der Waals surface area contributed by atoms with E-state index in [2.05, 4.69) is 33.1 Å². The first-order valence-electron chi connectivity index (χ1n) is 21.2. The molecule has 47 heavy (non-hydrogen) atoms. The van der Waals surface area contributed by atoms with Crippen LogP contribution in [0.4, 0.5) is 0 Å². The predicted molar refractivity (Wildman–Crippen MR) is 205 cm³/mol. The molecule has 0 fully saturated rings. The maximum atomic E-state index is 12.7. The fourth-order valence-corrected chi connectivity index (χ4v) is 7.36. The lowest BCUT2D eigenvalue weighted by molar-refractivity contribution is -0.843. The van der Waals surface area contributed by atoms with Crippen molar-refractivity contribution in [3.05, 3.63) is 0 Å². The van der Waals surface area contributed by atoms with Crippen molar-refractivity contribution in [3.8, 4) is 0 Å². The molecule has 5 heteroatoms. The number of likely N-dealkylation sites (N-methyl/N-ethyl adjacent to an activating group) is 1. The normalized spacial score (nSPS) is 16.6. The Kier molecular flexibility index (Phi) is 33.4. The summed E-state index contributed by atoms with van der Waals surface area (Å²) in [6, 6.07) is 0. The van der Waals surface area contributed by atoms with E-state index in [1.807, 2.05) is 0 Å². The maximum Gasteiger partial charge on any atom is 0.224 e. The van der Waals surface area contributed by atoms with Crippen LogP contribution in [0.3, 0.4) is 0 Å². The van der Waals surface area contributed by atoms with Gasteiger partial charge in [-0.1, -0.05) is 200 Å². The summed E-state index contributed by atoms with van der Waals surface area (Å²) < 4.78 is 0.809. The number of nitrogens with one attached hydrogen (secondary N) is 1. The number of aliphatic imine (C=N–C) groups is 1. The van der Waals surface area contributed by atoms with Crippen LogP contribution >= 0.6 is 0 Å². The lowest BCUT2D eigenvalue weighted by atomic mass is 10.0. The van der Waals surface area contributed by atoms with E-state index < -0.39 is 0 Å². The van der Waals surface area contributed by atoms with Crippen LogP contribution in [-0.2, 0) is 4.79 Å². The summed E-state index contributed by atoms with van der Waals surface area (Å²) in [5.74, 6) is 1.54. The molecule has 0 saturated carbocycles. The summed E-state index contributed by atoms with van der Waals surface area (Å²) in [5, 5.41) is 3.35. The molecule has 0 aromatic heterocycles. The van der Waals surface area contributed by atoms with Crippen LogP contribution in [0.5, 0.6) is 0 Å². The van der Waals surface area contributed by atoms with Gasteiger partial charge in [-0.05, 0) is 12.8 Å². The highest BCUT2D eigenvalue weighted by Gasteiger charge is 2.39. The predicted octanol–water partition coefficient (Wildman–Crippen LogP) is 10.2. The van der Waals surface area contributed by atoms with Crippen molar-refractivity contribution in [2.45, 2.75) is 239 Å². The SMILES string of the molecule is CCCCCCCCCCCCCCCCCCC1=NCC[N+]1(C)C(C)NC(=O)CCCCCCCCCCCCCCCCC.[Cl-]. The van der Waals surface area contributed by atoms with Crippen LogP contribution in [0.15, 0.2) is 4.99 Å². The van der Waals surface area contributed by atoms with E-state index >= 15 is 0 Å². The Morgan fingerprint density at radius 1 is 0.574 bits per heavy atom. The Morgan fingerprint density at radius 2 is 0.894 bits per heavy atom. The number of quaternary nitrogens is 1. The zero-order chi connectivity index (χ0) is 33.4. The van der Waals surface area contributed by atoms with Crippen LogP contribution in [0.1, 0.15) is 233 Å². The van der Waals surface area contributed by atoms with Crippen molar-refractivity contribution < 1.29 is 21.7 Å². The van der Waals surface area contributed by atoms with E-state index in [0.29, 0.717) is 6.42 Å². The largest absolute Gasteiger partial charge is 1.00 e. The zero-order valence-electron chi connectivity index (χ0n) is 32.5. The number of hydrogen-bond acceptors (Lipinski definition) is 2. The van der Waals surface area contributed by atoms with Gasteiger partial charge in [-0.2, -0.15) is 0 Å². The summed E-state index contributed by atoms with van der Waals surface area (Å²) >= 11 is 0. The second-order valence-corrected chi connectivity index (χ2v) is 15.3. The number of unbranched alkanes of at least 4 members (excludes halogenated alkanes) is 29. The third kappa shape index (κ3) is 25.9. The number of halogens is 1. The minimum Gasteiger partial charge on any atom is -1.00 e. The van der Waals surface area contributed by atoms with Gasteiger partial charge in [-0.3, -0.25) is 9.28 Å². The van der Waals surface area contributed by atoms with E-state index in [1.54, 1.807) is 0 Å². The second-order valence-electron chi connectivity index (χ2n) is 15.3. The second kappa shape index (κ2) is 33.9. The molecular weight excluding hydrogens is 598 g/mol. The number of amidine groups is 1. The minimum absolute atomic E-state index is 0. The minimum atomic E-state index is 0. The average molecular weight is 683 g/mol. The number of hydrogen-bond donors (Lipinski definition) is 1. The van der Waals surface area contributed by atoms with E-state index in [-0.39, 0.29) is 24.5 Å². The molecule has 1 N–H and O–H groups in total. The van der Waals surface area contributed by atoms with Gasteiger partial charge in [0.2, 0.25) is 5.91 Å². The summed E-state index contributed by atoms with van der Waals surface area (Å²) in [5.41, 5.74) is 0. The third-order valence-corrected chi connectivity index (χ3v) is 10.9. The van der Waals surface area contributed by atoms with Crippen LogP contribution in [-0.4, -0.2) is 42.5 Å². The summed E-state index contributed by atoms with van der Waals surface area (Å²) in [6.07, 6.45) is 44.8. The fraction of sp³-hybridized carbons (Fsp3) is 0.952. The van der Waals surface area contributed by atoms with Gasteiger partial charge in [-0.25, -0.2) is 4.99 Å². The smallest absolute Gasteiger partial charge is 0.224 e. The summed E-state index contributed by atoms with van der Waals surface area (Å²) in [7, 11) is 2.29. The van der Waals surface area contributed by atoms with Crippen molar-refractivity contribution in [2.75, 3.05) is 20.1 Å². The van der Waals surface area contributed by atoms with E-state index in [9.17, 15) is 4.79 Å². The average Bonchev–Trinajstić information content (AvgIpc) is 3.43. The summed E-state index contributed by atoms with van der Waals surface area (Å²) in [6.45, 7) is 8.71. The highest BCUT2D eigenvalue weighted by Crippen LogP contribution is 2.22. The Balaban J connectivity index is 0.0000212. The molecule has 4 nitrogen and oxygen atoms in total. The lowest BCUT2D eigenvalue weighted by Gasteiger charge is -2.36. The van der Waals surface area contributed by atoms with E-state index in [0.717, 1.165) is 30.4 Å². The maximum absolute atomic E-state index is 12.7. The Bertz CT molecular complexity index is 714. The molecule has 2 unspecified atom stereocenters. The molecule has 0 bridgehead atoms. The number of rotatable bonds is 35. The van der Waals surface area contributed by atoms with Gasteiger partial charge in [0.25, 0.3) is 0 Å². The quantitative estimate of drug-likeness (QED) is 0.0525. The van der Waals surface area contributed by atoms with E-state index in [1.165, 1.54) is 198 Å². The molecule has 0 aromatic rings. The van der Waals surface area contributed by atoms with Crippen LogP contribution in [0.25, 0.3) is 0 Å². The van der Waals surface area contributed by atoms with Crippen molar-refractivity contribution in [2.24, 2.45) is 4.99 Å². The first-order valence-corrected chi connectivity index (χ1v) is 21.2. The molecule has 0 radical (unpaired) electrons. The van der Waals surface area contributed by atoms with Crippen LogP contribution in [0, 0.1) is 0 Å². The molecule has 0 aliphatic carbocycles. The van der Waals surface area contributed by atoms with Gasteiger partial charge >= 0.3 is 0 Å². The number of nitrogens with zero attached hydrogens (tertiary/aromatic N) is 2. The molecule has 1 aliphatic rings. The highest BCUT2D eigenvalue weighted by molar-refractivity contribution is 5.78. The Hall–Kier alpha value is -0.610. The molecular formula is C42H84ClN3O. The molecule has 0 spiro atoms. The number of amides is 1. The first-order chi connectivity index (χ1) is 22.5. The monoisotopic (exact) mass is 682 g/mol. The Labute approximate surface area is 301 Å². The first kappa shape index (κ1) is 46.4. The highest BCUT2D eigenvalue weighted by atomic mass is 35.5. The van der Waals surface area contributed by atoms with Crippen molar-refractivity contribution in [1.82, 2.24) is 5.32 Å². The number of carbonyl (C=O) groups excluding carboxylic acids is 1. The molecule has 1 rings (SSSR count). The zero-order valence-corrected chi connectivity index (χ0v) is 33.3. The Morgan fingerprint density at radius 3 is 1.26 bits per heavy atom. The van der Waals surface area contributed by atoms with Gasteiger partial charge in [0.15, 0.2) is 12.0 Å². The molecule has 0 saturated heterocycles. The lowest BCUT2D eigenvalue weighted by Crippen LogP contribution is -3.00. The van der Waals surface area contributed by atoms with Crippen molar-refractivity contribution in [1.29, 1.82) is 0 Å². The molecule has 2 atom stereocenters.